The Kier molecular flexibility index (Phi) is 3.57. The molecule has 108 valence electrons. The van der Waals surface area contributed by atoms with E-state index in [4.69, 9.17) is 0 Å². The Hall–Kier alpha value is -1.31. The maximum atomic E-state index is 4.45. The predicted molar refractivity (Wildman–Crippen MR) is 85.0 cm³/mol. The molecule has 1 aliphatic rings. The zero-order chi connectivity index (χ0) is 14.3. The van der Waals surface area contributed by atoms with Crippen LogP contribution in [0.25, 0.3) is 10.9 Å². The second-order valence-electron chi connectivity index (χ2n) is 6.85. The summed E-state index contributed by atoms with van der Waals surface area (Å²) in [6, 6.07) is 4.48. The number of hydrogen-bond acceptors (Lipinski definition) is 1. The summed E-state index contributed by atoms with van der Waals surface area (Å²) >= 11 is 0. The molecule has 0 spiro atoms. The smallest absolute Gasteiger partial charge is 0.0682 e. The average molecular weight is 270 g/mol. The summed E-state index contributed by atoms with van der Waals surface area (Å²) in [7, 11) is 2.04. The molecule has 3 rings (SSSR count). The van der Waals surface area contributed by atoms with Crippen molar-refractivity contribution in [2.45, 2.75) is 52.4 Å². The molecule has 1 saturated carbocycles. The highest BCUT2D eigenvalue weighted by atomic mass is 15.2. The molecular formula is C18H26N2. The second kappa shape index (κ2) is 5.23. The van der Waals surface area contributed by atoms with Crippen LogP contribution < -0.4 is 0 Å². The molecule has 0 radical (unpaired) electrons. The maximum Gasteiger partial charge on any atom is 0.0682 e. The number of benzene rings is 1. The number of aryl methyl sites for hydroxylation is 2. The standard InChI is InChI=1S/C18H26N2/c1-12(2)14-6-8-15(9-7-14)18-13(3)5-10-17-16(18)11-19-20(17)4/h5,10-12,14-15H,6-9H2,1-4H3. The van der Waals surface area contributed by atoms with Crippen LogP contribution in [0.5, 0.6) is 0 Å². The van der Waals surface area contributed by atoms with Gasteiger partial charge in [-0.05, 0) is 67.6 Å². The lowest BCUT2D eigenvalue weighted by Crippen LogP contribution is -2.18. The van der Waals surface area contributed by atoms with Gasteiger partial charge in [0.1, 0.15) is 0 Å². The number of aromatic nitrogens is 2. The van der Waals surface area contributed by atoms with E-state index < -0.39 is 0 Å². The molecule has 20 heavy (non-hydrogen) atoms. The molecule has 0 bridgehead atoms. The van der Waals surface area contributed by atoms with Gasteiger partial charge in [0.05, 0.1) is 11.7 Å². The van der Waals surface area contributed by atoms with E-state index in [-0.39, 0.29) is 0 Å². The second-order valence-corrected chi connectivity index (χ2v) is 6.85. The number of fused-ring (bicyclic) bond motifs is 1. The van der Waals surface area contributed by atoms with Gasteiger partial charge in [-0.3, -0.25) is 4.68 Å². The van der Waals surface area contributed by atoms with Crippen LogP contribution in [0.1, 0.15) is 56.6 Å². The first-order chi connectivity index (χ1) is 9.58. The zero-order valence-electron chi connectivity index (χ0n) is 13.2. The van der Waals surface area contributed by atoms with Gasteiger partial charge in [-0.15, -0.1) is 0 Å². The first-order valence-electron chi connectivity index (χ1n) is 7.99. The molecule has 2 heteroatoms. The van der Waals surface area contributed by atoms with Gasteiger partial charge in [0.2, 0.25) is 0 Å². The van der Waals surface area contributed by atoms with Crippen LogP contribution in [-0.4, -0.2) is 9.78 Å². The van der Waals surface area contributed by atoms with Crippen molar-refractivity contribution in [2.75, 3.05) is 0 Å². The average Bonchev–Trinajstić information content (AvgIpc) is 2.80. The quantitative estimate of drug-likeness (QED) is 0.765. The fraction of sp³-hybridized carbons (Fsp3) is 0.611. The monoisotopic (exact) mass is 270 g/mol. The molecule has 1 fully saturated rings. The van der Waals surface area contributed by atoms with Crippen LogP contribution in [0.3, 0.4) is 0 Å². The molecule has 0 atom stereocenters. The summed E-state index contributed by atoms with van der Waals surface area (Å²) in [6.07, 6.45) is 7.53. The molecule has 0 unspecified atom stereocenters. The predicted octanol–water partition coefficient (Wildman–Crippen LogP) is 4.81. The van der Waals surface area contributed by atoms with Gasteiger partial charge in [-0.2, -0.15) is 5.10 Å². The van der Waals surface area contributed by atoms with E-state index in [1.54, 1.807) is 5.56 Å². The van der Waals surface area contributed by atoms with E-state index in [1.807, 2.05) is 11.7 Å². The molecule has 0 aliphatic heterocycles. The Labute approximate surface area is 122 Å². The number of rotatable bonds is 2. The first kappa shape index (κ1) is 13.7. The Morgan fingerprint density at radius 1 is 1.15 bits per heavy atom. The molecule has 1 aliphatic carbocycles. The van der Waals surface area contributed by atoms with Crippen molar-refractivity contribution in [3.8, 4) is 0 Å². The maximum absolute atomic E-state index is 4.45. The van der Waals surface area contributed by atoms with Gasteiger partial charge < -0.3 is 0 Å². The van der Waals surface area contributed by atoms with E-state index in [9.17, 15) is 0 Å². The van der Waals surface area contributed by atoms with Crippen LogP contribution >= 0.6 is 0 Å². The highest BCUT2D eigenvalue weighted by molar-refractivity contribution is 5.84. The zero-order valence-corrected chi connectivity index (χ0v) is 13.2. The minimum Gasteiger partial charge on any atom is -0.268 e. The van der Waals surface area contributed by atoms with Crippen molar-refractivity contribution in [1.82, 2.24) is 9.78 Å². The topological polar surface area (TPSA) is 17.8 Å². The molecule has 2 aromatic rings. The van der Waals surface area contributed by atoms with Gasteiger partial charge in [-0.1, -0.05) is 19.9 Å². The van der Waals surface area contributed by atoms with Crippen molar-refractivity contribution in [2.24, 2.45) is 18.9 Å². The van der Waals surface area contributed by atoms with Gasteiger partial charge in [0, 0.05) is 12.4 Å². The summed E-state index contributed by atoms with van der Waals surface area (Å²) in [5, 5.41) is 5.83. The first-order valence-corrected chi connectivity index (χ1v) is 7.99. The summed E-state index contributed by atoms with van der Waals surface area (Å²) in [5.41, 5.74) is 4.29. The third-order valence-corrected chi connectivity index (χ3v) is 5.31. The lowest BCUT2D eigenvalue weighted by atomic mass is 9.73. The summed E-state index contributed by atoms with van der Waals surface area (Å²) < 4.78 is 2.00. The third-order valence-electron chi connectivity index (χ3n) is 5.31. The van der Waals surface area contributed by atoms with Crippen LogP contribution in [0, 0.1) is 18.8 Å². The normalized spacial score (nSPS) is 23.6. The van der Waals surface area contributed by atoms with Gasteiger partial charge in [0.15, 0.2) is 0 Å². The van der Waals surface area contributed by atoms with Gasteiger partial charge in [-0.25, -0.2) is 0 Å². The summed E-state index contributed by atoms with van der Waals surface area (Å²) in [6.45, 7) is 7.01. The van der Waals surface area contributed by atoms with Gasteiger partial charge in [0.25, 0.3) is 0 Å². The van der Waals surface area contributed by atoms with Crippen molar-refractivity contribution in [3.05, 3.63) is 29.5 Å². The highest BCUT2D eigenvalue weighted by Crippen LogP contribution is 2.41. The van der Waals surface area contributed by atoms with E-state index in [0.29, 0.717) is 0 Å². The van der Waals surface area contributed by atoms with E-state index >= 15 is 0 Å². The Morgan fingerprint density at radius 3 is 2.50 bits per heavy atom. The molecule has 1 heterocycles. The Morgan fingerprint density at radius 2 is 1.85 bits per heavy atom. The molecule has 0 amide bonds. The molecule has 0 saturated heterocycles. The Balaban J connectivity index is 1.93. The van der Waals surface area contributed by atoms with Crippen LogP contribution in [0.15, 0.2) is 18.3 Å². The lowest BCUT2D eigenvalue weighted by Gasteiger charge is -2.32. The van der Waals surface area contributed by atoms with Crippen LogP contribution in [0.4, 0.5) is 0 Å². The molecular weight excluding hydrogens is 244 g/mol. The summed E-state index contributed by atoms with van der Waals surface area (Å²) in [4.78, 5) is 0. The fourth-order valence-corrected chi connectivity index (χ4v) is 3.97. The van der Waals surface area contributed by atoms with Crippen molar-refractivity contribution >= 4 is 10.9 Å². The third kappa shape index (κ3) is 2.25. The van der Waals surface area contributed by atoms with Crippen molar-refractivity contribution in [3.63, 3.8) is 0 Å². The number of nitrogens with zero attached hydrogens (tertiary/aromatic N) is 2. The van der Waals surface area contributed by atoms with E-state index in [0.717, 1.165) is 17.8 Å². The molecule has 1 aromatic carbocycles. The van der Waals surface area contributed by atoms with Crippen molar-refractivity contribution < 1.29 is 0 Å². The Bertz CT molecular complexity index is 601. The van der Waals surface area contributed by atoms with Gasteiger partial charge >= 0.3 is 0 Å². The summed E-state index contributed by atoms with van der Waals surface area (Å²) in [5.74, 6) is 2.50. The van der Waals surface area contributed by atoms with E-state index in [1.165, 1.54) is 42.1 Å². The molecule has 0 N–H and O–H groups in total. The minimum absolute atomic E-state index is 0.734. The van der Waals surface area contributed by atoms with Crippen molar-refractivity contribution in [1.29, 1.82) is 0 Å². The fourth-order valence-electron chi connectivity index (χ4n) is 3.97. The molecule has 2 nitrogen and oxygen atoms in total. The van der Waals surface area contributed by atoms with Crippen LogP contribution in [0.2, 0.25) is 0 Å². The lowest BCUT2D eigenvalue weighted by molar-refractivity contribution is 0.259. The van der Waals surface area contributed by atoms with E-state index in [2.05, 4.69) is 44.2 Å². The number of hydrogen-bond donors (Lipinski definition) is 0. The largest absolute Gasteiger partial charge is 0.268 e. The minimum atomic E-state index is 0.734. The van der Waals surface area contributed by atoms with Crippen LogP contribution in [-0.2, 0) is 7.05 Å². The SMILES string of the molecule is Cc1ccc2c(cnn2C)c1C1CCC(C(C)C)CC1. The molecule has 1 aromatic heterocycles. The highest BCUT2D eigenvalue weighted by Gasteiger charge is 2.26.